The van der Waals surface area contributed by atoms with E-state index in [1.54, 1.807) is 22.7 Å². The van der Waals surface area contributed by atoms with Crippen molar-refractivity contribution in [2.24, 2.45) is 0 Å². The minimum atomic E-state index is 0.995. The standard InChI is InChI=1S/C34H16N2S7/c1-3-23(37-11-1)27-15-19-7-5-17-13-25(39-31(17)33(19)41-27)21-9-10-22(30-29(21)35-43-36-30)26-14-18-6-8-20-16-28(24-4-2-12-38-24)42-34(20)32(18)40-26/h1-16H. The van der Waals surface area contributed by atoms with E-state index in [1.165, 1.54) is 92.5 Å². The third-order valence-corrected chi connectivity index (χ3v) is 15.5. The van der Waals surface area contributed by atoms with E-state index in [-0.39, 0.29) is 0 Å². The first-order valence-electron chi connectivity index (χ1n) is 13.5. The highest BCUT2D eigenvalue weighted by molar-refractivity contribution is 7.32. The highest BCUT2D eigenvalue weighted by Gasteiger charge is 2.19. The molecule has 0 aliphatic rings. The molecule has 0 saturated heterocycles. The summed E-state index contributed by atoms with van der Waals surface area (Å²) in [4.78, 5) is 7.84. The van der Waals surface area contributed by atoms with Crippen LogP contribution in [0.1, 0.15) is 0 Å². The van der Waals surface area contributed by atoms with Crippen LogP contribution >= 0.6 is 79.7 Å². The summed E-state index contributed by atoms with van der Waals surface area (Å²) in [7, 11) is 0. The van der Waals surface area contributed by atoms with Gasteiger partial charge in [0.2, 0.25) is 0 Å². The molecule has 3 aromatic carbocycles. The fourth-order valence-electron chi connectivity index (χ4n) is 5.79. The molecule has 0 bridgehead atoms. The van der Waals surface area contributed by atoms with E-state index in [0.29, 0.717) is 0 Å². The Morgan fingerprint density at radius 3 is 1.19 bits per heavy atom. The monoisotopic (exact) mass is 676 g/mol. The minimum Gasteiger partial charge on any atom is -0.172 e. The van der Waals surface area contributed by atoms with Crippen molar-refractivity contribution in [3.8, 4) is 40.4 Å². The molecule has 43 heavy (non-hydrogen) atoms. The highest BCUT2D eigenvalue weighted by Crippen LogP contribution is 2.48. The molecule has 2 nitrogen and oxygen atoms in total. The van der Waals surface area contributed by atoms with Crippen LogP contribution in [0.25, 0.3) is 91.8 Å². The fraction of sp³-hybridized carbons (Fsp3) is 0. The summed E-state index contributed by atoms with van der Waals surface area (Å²) < 4.78 is 15.1. The van der Waals surface area contributed by atoms with Crippen molar-refractivity contribution in [1.82, 2.24) is 8.75 Å². The van der Waals surface area contributed by atoms with Crippen molar-refractivity contribution in [1.29, 1.82) is 0 Å². The molecule has 0 saturated carbocycles. The maximum atomic E-state index is 4.84. The van der Waals surface area contributed by atoms with Gasteiger partial charge in [-0.2, -0.15) is 8.75 Å². The average molecular weight is 677 g/mol. The first-order chi connectivity index (χ1) is 21.3. The number of nitrogens with zero attached hydrogens (tertiary/aromatic N) is 2. The molecular formula is C34H16N2S7. The maximum absolute atomic E-state index is 4.84. The van der Waals surface area contributed by atoms with Crippen LogP contribution in [0.5, 0.6) is 0 Å². The first kappa shape index (κ1) is 25.1. The molecule has 10 aromatic rings. The molecule has 204 valence electrons. The third-order valence-electron chi connectivity index (χ3n) is 7.81. The predicted molar refractivity (Wildman–Crippen MR) is 196 cm³/mol. The number of aromatic nitrogens is 2. The zero-order chi connectivity index (χ0) is 28.1. The average Bonchev–Trinajstić information content (AvgIpc) is 3.87. The summed E-state index contributed by atoms with van der Waals surface area (Å²) in [5.74, 6) is 0. The van der Waals surface area contributed by atoms with Crippen molar-refractivity contribution >= 4 is 131 Å². The van der Waals surface area contributed by atoms with Crippen LogP contribution in [0, 0.1) is 0 Å². The van der Waals surface area contributed by atoms with E-state index >= 15 is 0 Å². The molecule has 10 rings (SSSR count). The second kappa shape index (κ2) is 9.61. The molecule has 0 aliphatic carbocycles. The molecule has 0 radical (unpaired) electrons. The van der Waals surface area contributed by atoms with Crippen molar-refractivity contribution < 1.29 is 0 Å². The second-order valence-electron chi connectivity index (χ2n) is 10.3. The van der Waals surface area contributed by atoms with E-state index in [4.69, 9.17) is 8.75 Å². The molecule has 0 fully saturated rings. The van der Waals surface area contributed by atoms with Crippen LogP contribution in [-0.2, 0) is 0 Å². The highest BCUT2D eigenvalue weighted by atomic mass is 32.1. The fourth-order valence-corrected chi connectivity index (χ4v) is 13.0. The minimum absolute atomic E-state index is 0.995. The van der Waals surface area contributed by atoms with Gasteiger partial charge in [-0.3, -0.25) is 0 Å². The SMILES string of the molecule is c1csc(-c2cc3ccc4cc(-c5ccc(-c6cc7ccc8cc(-c9cccs9)sc8c7s6)c6nsnc56)sc4c3s2)c1. The number of hydrogen-bond acceptors (Lipinski definition) is 9. The smallest absolute Gasteiger partial charge is 0.114 e. The Bertz CT molecular complexity index is 2440. The number of rotatable bonds is 4. The number of benzene rings is 3. The van der Waals surface area contributed by atoms with Crippen LogP contribution in [0.15, 0.2) is 95.7 Å². The lowest BCUT2D eigenvalue weighted by Gasteiger charge is -2.03. The predicted octanol–water partition coefficient (Wildman–Crippen LogP) is 13.3. The zero-order valence-corrected chi connectivity index (χ0v) is 27.7. The van der Waals surface area contributed by atoms with Gasteiger partial charge in [-0.05, 0) is 68.7 Å². The molecule has 0 N–H and O–H groups in total. The summed E-state index contributed by atoms with van der Waals surface area (Å²) in [6.45, 7) is 0. The van der Waals surface area contributed by atoms with Crippen LogP contribution < -0.4 is 0 Å². The van der Waals surface area contributed by atoms with E-state index in [1.807, 2.05) is 45.3 Å². The van der Waals surface area contributed by atoms with Crippen LogP contribution in [0.4, 0.5) is 0 Å². The van der Waals surface area contributed by atoms with Gasteiger partial charge in [-0.15, -0.1) is 68.0 Å². The van der Waals surface area contributed by atoms with Crippen molar-refractivity contribution in [3.63, 3.8) is 0 Å². The number of fused-ring (bicyclic) bond motifs is 7. The van der Waals surface area contributed by atoms with Crippen molar-refractivity contribution in [2.75, 3.05) is 0 Å². The lowest BCUT2D eigenvalue weighted by Crippen LogP contribution is -1.81. The molecule has 9 heteroatoms. The Balaban J connectivity index is 1.09. The Hall–Kier alpha value is -3.28. The van der Waals surface area contributed by atoms with Gasteiger partial charge < -0.3 is 0 Å². The summed E-state index contributed by atoms with van der Waals surface area (Å²) in [6.07, 6.45) is 0. The molecule has 0 spiro atoms. The van der Waals surface area contributed by atoms with Gasteiger partial charge in [0.05, 0.1) is 30.5 Å². The molecule has 7 heterocycles. The van der Waals surface area contributed by atoms with Gasteiger partial charge in [0.25, 0.3) is 0 Å². The largest absolute Gasteiger partial charge is 0.172 e. The first-order valence-corrected chi connectivity index (χ1v) is 19.3. The van der Waals surface area contributed by atoms with E-state index in [0.717, 1.165) is 11.0 Å². The van der Waals surface area contributed by atoms with Gasteiger partial charge in [-0.25, -0.2) is 0 Å². The molecule has 7 aromatic heterocycles. The Morgan fingerprint density at radius 2 is 0.791 bits per heavy atom. The van der Waals surface area contributed by atoms with Gasteiger partial charge in [-0.1, -0.05) is 48.5 Å². The van der Waals surface area contributed by atoms with Gasteiger partial charge in [0.15, 0.2) is 0 Å². The van der Waals surface area contributed by atoms with Crippen LogP contribution in [0.3, 0.4) is 0 Å². The second-order valence-corrected chi connectivity index (χ2v) is 17.0. The summed E-state index contributed by atoms with van der Waals surface area (Å²) in [5, 5.41) is 9.52. The lowest BCUT2D eigenvalue weighted by molar-refractivity contribution is 1.64. The number of hydrogen-bond donors (Lipinski definition) is 0. The van der Waals surface area contributed by atoms with Gasteiger partial charge >= 0.3 is 0 Å². The van der Waals surface area contributed by atoms with Gasteiger partial charge in [0, 0.05) is 40.4 Å². The third kappa shape index (κ3) is 3.90. The Kier molecular flexibility index (Phi) is 5.61. The van der Waals surface area contributed by atoms with Gasteiger partial charge in [0.1, 0.15) is 11.0 Å². The van der Waals surface area contributed by atoms with E-state index in [9.17, 15) is 0 Å². The summed E-state index contributed by atoms with van der Waals surface area (Å²) in [6, 6.07) is 31.6. The van der Waals surface area contributed by atoms with Crippen LogP contribution in [0.2, 0.25) is 0 Å². The Labute approximate surface area is 273 Å². The molecule has 0 aliphatic heterocycles. The molecule has 0 unspecified atom stereocenters. The van der Waals surface area contributed by atoms with Crippen molar-refractivity contribution in [2.45, 2.75) is 0 Å². The number of thiophene rings is 6. The molecule has 0 amide bonds. The van der Waals surface area contributed by atoms with E-state index in [2.05, 4.69) is 95.7 Å². The maximum Gasteiger partial charge on any atom is 0.114 e. The summed E-state index contributed by atoms with van der Waals surface area (Å²) >= 11 is 12.5. The van der Waals surface area contributed by atoms with Crippen molar-refractivity contribution in [3.05, 3.63) is 95.7 Å². The summed E-state index contributed by atoms with van der Waals surface area (Å²) in [5.41, 5.74) is 4.32. The Morgan fingerprint density at radius 1 is 0.395 bits per heavy atom. The topological polar surface area (TPSA) is 25.8 Å². The zero-order valence-electron chi connectivity index (χ0n) is 22.0. The van der Waals surface area contributed by atoms with E-state index < -0.39 is 0 Å². The quantitative estimate of drug-likeness (QED) is 0.185. The van der Waals surface area contributed by atoms with Crippen LogP contribution in [-0.4, -0.2) is 8.75 Å². The molecular weight excluding hydrogens is 661 g/mol. The lowest BCUT2D eigenvalue weighted by atomic mass is 10.0. The normalized spacial score (nSPS) is 12.2. The molecule has 0 atom stereocenters.